The van der Waals surface area contributed by atoms with Crippen molar-refractivity contribution in [2.75, 3.05) is 42.4 Å². The minimum atomic E-state index is -0.986. The molecule has 3 heterocycles. The fourth-order valence-corrected chi connectivity index (χ4v) is 7.52. The number of hydrogen-bond donors (Lipinski definition) is 4. The van der Waals surface area contributed by atoms with Crippen LogP contribution in [0.2, 0.25) is 0 Å². The summed E-state index contributed by atoms with van der Waals surface area (Å²) in [5.74, 6) is 0.515. The lowest BCUT2D eigenvalue weighted by Gasteiger charge is -2.44. The number of aliphatic carboxylic acids is 1. The highest BCUT2D eigenvalue weighted by Crippen LogP contribution is 2.40. The van der Waals surface area contributed by atoms with Gasteiger partial charge < -0.3 is 36.0 Å². The second kappa shape index (κ2) is 14.7. The Morgan fingerprint density at radius 1 is 1.15 bits per heavy atom. The molecule has 2 aromatic rings. The van der Waals surface area contributed by atoms with Crippen molar-refractivity contribution in [3.05, 3.63) is 30.0 Å². The summed E-state index contributed by atoms with van der Waals surface area (Å²) in [6.07, 6.45) is 8.64. The number of ether oxygens (including phenoxy) is 1. The average Bonchev–Trinajstić information content (AvgIpc) is 3.59. The normalized spacial score (nSPS) is 20.7. The van der Waals surface area contributed by atoms with Crippen molar-refractivity contribution in [1.82, 2.24) is 20.2 Å². The highest BCUT2D eigenvalue weighted by molar-refractivity contribution is 6.04. The van der Waals surface area contributed by atoms with Gasteiger partial charge in [-0.05, 0) is 62.1 Å². The molecule has 2 amide bonds. The van der Waals surface area contributed by atoms with Gasteiger partial charge >= 0.3 is 5.97 Å². The molecule has 1 aliphatic carbocycles. The molecule has 48 heavy (non-hydrogen) atoms. The predicted octanol–water partition coefficient (Wildman–Crippen LogP) is 4.14. The second-order valence-corrected chi connectivity index (χ2v) is 14.5. The second-order valence-electron chi connectivity index (χ2n) is 14.5. The van der Waals surface area contributed by atoms with Gasteiger partial charge in [0.15, 0.2) is 5.82 Å². The lowest BCUT2D eigenvalue weighted by molar-refractivity contribution is -0.139. The van der Waals surface area contributed by atoms with Crippen molar-refractivity contribution < 1.29 is 24.2 Å². The number of anilines is 4. The van der Waals surface area contributed by atoms with Gasteiger partial charge in [0.05, 0.1) is 19.0 Å². The lowest BCUT2D eigenvalue weighted by atomic mass is 9.81. The first-order chi connectivity index (χ1) is 22.8. The quantitative estimate of drug-likeness (QED) is 0.273. The third kappa shape index (κ3) is 7.52. The molecule has 5 N–H and O–H groups in total. The SMILES string of the molecule is CC[C@@H]1C(=O)N(C)c2cnc(Nc3ccc(C(=O)NC4CCN(C(C[C@H](N)C(=O)O)C(C)(C)C)CC4)cc3OC)nc2N1C1CCCC1. The summed E-state index contributed by atoms with van der Waals surface area (Å²) in [5, 5.41) is 15.8. The smallest absolute Gasteiger partial charge is 0.320 e. The third-order valence-corrected chi connectivity index (χ3v) is 10.2. The number of methoxy groups -OCH3 is 1. The number of amides is 2. The number of nitrogens with two attached hydrogens (primary N) is 1. The van der Waals surface area contributed by atoms with Crippen molar-refractivity contribution in [3.63, 3.8) is 0 Å². The zero-order valence-electron chi connectivity index (χ0n) is 29.2. The van der Waals surface area contributed by atoms with E-state index >= 15 is 0 Å². The van der Waals surface area contributed by atoms with Crippen LogP contribution >= 0.6 is 0 Å². The first-order valence-electron chi connectivity index (χ1n) is 17.2. The molecular formula is C35H52N8O5. The molecule has 1 aromatic carbocycles. The van der Waals surface area contributed by atoms with Crippen molar-refractivity contribution in [2.24, 2.45) is 11.1 Å². The molecule has 262 valence electrons. The van der Waals surface area contributed by atoms with Gasteiger partial charge in [-0.15, -0.1) is 0 Å². The van der Waals surface area contributed by atoms with Gasteiger partial charge in [-0.2, -0.15) is 4.98 Å². The molecule has 3 aliphatic rings. The number of carbonyl (C=O) groups excluding carboxylic acids is 2. The number of fused-ring (bicyclic) bond motifs is 1. The molecule has 5 rings (SSSR count). The maximum absolute atomic E-state index is 13.3. The summed E-state index contributed by atoms with van der Waals surface area (Å²) in [6, 6.07) is 4.36. The van der Waals surface area contributed by atoms with Crippen molar-refractivity contribution >= 4 is 40.9 Å². The molecule has 0 radical (unpaired) electrons. The first-order valence-corrected chi connectivity index (χ1v) is 17.2. The fraction of sp³-hybridized carbons (Fsp3) is 0.629. The molecule has 2 aliphatic heterocycles. The number of likely N-dealkylation sites (tertiary alicyclic amines) is 1. The maximum Gasteiger partial charge on any atom is 0.320 e. The van der Waals surface area contributed by atoms with Crippen molar-refractivity contribution in [3.8, 4) is 5.75 Å². The van der Waals surface area contributed by atoms with Gasteiger partial charge in [-0.1, -0.05) is 40.5 Å². The zero-order valence-corrected chi connectivity index (χ0v) is 29.2. The Morgan fingerprint density at radius 2 is 1.83 bits per heavy atom. The predicted molar refractivity (Wildman–Crippen MR) is 186 cm³/mol. The van der Waals surface area contributed by atoms with Crippen molar-refractivity contribution in [2.45, 2.75) is 109 Å². The largest absolute Gasteiger partial charge is 0.495 e. The van der Waals surface area contributed by atoms with E-state index < -0.39 is 12.0 Å². The average molecular weight is 665 g/mol. The molecule has 13 nitrogen and oxygen atoms in total. The van der Waals surface area contributed by atoms with E-state index in [1.165, 1.54) is 0 Å². The molecule has 1 saturated heterocycles. The Bertz CT molecular complexity index is 1480. The summed E-state index contributed by atoms with van der Waals surface area (Å²) < 4.78 is 5.68. The molecule has 0 bridgehead atoms. The number of likely N-dealkylation sites (N-methyl/N-ethyl adjacent to an activating group) is 1. The van der Waals surface area contributed by atoms with Gasteiger partial charge in [0, 0.05) is 43.8 Å². The number of rotatable bonds is 11. The van der Waals surface area contributed by atoms with Crippen LogP contribution in [0.3, 0.4) is 0 Å². The van der Waals surface area contributed by atoms with Crippen LogP contribution in [0.1, 0.15) is 89.4 Å². The number of hydrogen-bond acceptors (Lipinski definition) is 10. The van der Waals surface area contributed by atoms with Crippen LogP contribution in [-0.4, -0.2) is 95.2 Å². The van der Waals surface area contributed by atoms with Crippen LogP contribution in [0.4, 0.5) is 23.1 Å². The van der Waals surface area contributed by atoms with E-state index in [4.69, 9.17) is 15.5 Å². The summed E-state index contributed by atoms with van der Waals surface area (Å²) in [4.78, 5) is 53.6. The molecule has 3 atom stereocenters. The number of carboxylic acid groups (broad SMARTS) is 1. The highest BCUT2D eigenvalue weighted by Gasteiger charge is 2.41. The highest BCUT2D eigenvalue weighted by atomic mass is 16.5. The topological polar surface area (TPSA) is 166 Å². The third-order valence-electron chi connectivity index (χ3n) is 10.2. The Balaban J connectivity index is 1.26. The fourth-order valence-electron chi connectivity index (χ4n) is 7.52. The zero-order chi connectivity index (χ0) is 34.7. The van der Waals surface area contributed by atoms with Crippen LogP contribution in [0.25, 0.3) is 0 Å². The van der Waals surface area contributed by atoms with E-state index in [1.54, 1.807) is 43.5 Å². The summed E-state index contributed by atoms with van der Waals surface area (Å²) >= 11 is 0. The molecule has 0 spiro atoms. The number of carbonyl (C=O) groups is 3. The maximum atomic E-state index is 13.3. The number of piperidine rings is 1. The Hall–Kier alpha value is -3.97. The number of carboxylic acids is 1. The van der Waals surface area contributed by atoms with Gasteiger partial charge in [0.2, 0.25) is 11.9 Å². The van der Waals surface area contributed by atoms with E-state index in [-0.39, 0.29) is 41.4 Å². The summed E-state index contributed by atoms with van der Waals surface area (Å²) in [6.45, 7) is 9.85. The Morgan fingerprint density at radius 3 is 2.44 bits per heavy atom. The van der Waals surface area contributed by atoms with Crippen LogP contribution in [0.15, 0.2) is 24.4 Å². The monoisotopic (exact) mass is 664 g/mol. The number of nitrogens with one attached hydrogen (secondary N) is 2. The number of benzene rings is 1. The minimum Gasteiger partial charge on any atom is -0.495 e. The van der Waals surface area contributed by atoms with E-state index in [1.807, 2.05) is 6.92 Å². The van der Waals surface area contributed by atoms with Crippen LogP contribution in [-0.2, 0) is 9.59 Å². The Labute approximate surface area is 283 Å². The molecule has 13 heteroatoms. The van der Waals surface area contributed by atoms with Gasteiger partial charge in [0.1, 0.15) is 23.5 Å². The van der Waals surface area contributed by atoms with Crippen LogP contribution in [0.5, 0.6) is 5.75 Å². The lowest BCUT2D eigenvalue weighted by Crippen LogP contribution is -2.55. The molecular weight excluding hydrogens is 612 g/mol. The summed E-state index contributed by atoms with van der Waals surface area (Å²) in [5.41, 5.74) is 7.57. The Kier molecular flexibility index (Phi) is 10.8. The van der Waals surface area contributed by atoms with Gasteiger partial charge in [-0.25, -0.2) is 4.98 Å². The molecule has 1 aromatic heterocycles. The molecule has 2 fully saturated rings. The van der Waals surface area contributed by atoms with E-state index in [2.05, 4.69) is 46.2 Å². The summed E-state index contributed by atoms with van der Waals surface area (Å²) in [7, 11) is 3.34. The van der Waals surface area contributed by atoms with E-state index in [0.717, 1.165) is 57.4 Å². The standard InChI is InChI=1S/C35H52N8O5/c1-7-26-32(45)41(5)27-20-37-34(40-30(27)43(26)23-10-8-9-11-23)39-25-13-12-21(18-28(25)48-6)31(44)38-22-14-16-42(17-15-22)29(35(2,3)4)19-24(36)33(46)47/h12-13,18,20,22-24,26,29H,7-11,14-17,19,36H2,1-6H3,(H,38,44)(H,46,47)(H,37,39,40)/t24-,26+,29?/m0/s1. The van der Waals surface area contributed by atoms with Crippen LogP contribution in [0, 0.1) is 5.41 Å². The molecule has 1 saturated carbocycles. The van der Waals surface area contributed by atoms with Crippen molar-refractivity contribution in [1.29, 1.82) is 0 Å². The van der Waals surface area contributed by atoms with Gasteiger partial charge in [-0.3, -0.25) is 19.3 Å². The van der Waals surface area contributed by atoms with Gasteiger partial charge in [0.25, 0.3) is 5.91 Å². The number of nitrogens with zero attached hydrogens (tertiary/aromatic N) is 5. The van der Waals surface area contributed by atoms with Crippen LogP contribution < -0.4 is 30.9 Å². The van der Waals surface area contributed by atoms with E-state index in [0.29, 0.717) is 41.5 Å². The minimum absolute atomic E-state index is 0.00465. The van der Waals surface area contributed by atoms with E-state index in [9.17, 15) is 19.5 Å². The molecule has 1 unspecified atom stereocenters. The number of aromatic nitrogens is 2. The first kappa shape index (κ1) is 35.3.